The third kappa shape index (κ3) is 2.45. The first kappa shape index (κ1) is 11.6. The van der Waals surface area contributed by atoms with Crippen LogP contribution in [0, 0.1) is 0 Å². The second-order valence-electron chi connectivity index (χ2n) is 3.89. The van der Waals surface area contributed by atoms with Crippen molar-refractivity contribution in [3.63, 3.8) is 0 Å². The van der Waals surface area contributed by atoms with Gasteiger partial charge < -0.3 is 10.1 Å². The Morgan fingerprint density at radius 2 is 1.88 bits per heavy atom. The molecule has 1 N–H and O–H groups in total. The van der Waals surface area contributed by atoms with Crippen molar-refractivity contribution in [1.82, 2.24) is 0 Å². The van der Waals surface area contributed by atoms with Crippen LogP contribution in [0.1, 0.15) is 6.92 Å². The van der Waals surface area contributed by atoms with Crippen molar-refractivity contribution in [1.29, 1.82) is 0 Å². The van der Waals surface area contributed by atoms with Crippen molar-refractivity contribution >= 4 is 22.4 Å². The highest BCUT2D eigenvalue weighted by atomic mass is 16.5. The molecule has 2 aromatic carbocycles. The lowest BCUT2D eigenvalue weighted by molar-refractivity contribution is -0.124. The Balaban J connectivity index is 2.33. The molecule has 1 unspecified atom stereocenters. The predicted octanol–water partition coefficient (Wildman–Crippen LogP) is 2.81. The van der Waals surface area contributed by atoms with Gasteiger partial charge in [-0.05, 0) is 18.4 Å². The van der Waals surface area contributed by atoms with Gasteiger partial charge >= 0.3 is 0 Å². The molecule has 0 aliphatic rings. The zero-order valence-electron chi connectivity index (χ0n) is 9.94. The second kappa shape index (κ2) is 4.97. The fraction of sp³-hybridized carbons (Fsp3) is 0.214. The van der Waals surface area contributed by atoms with Gasteiger partial charge in [0.1, 0.15) is 6.10 Å². The lowest BCUT2D eigenvalue weighted by Gasteiger charge is -2.12. The molecule has 17 heavy (non-hydrogen) atoms. The number of hydrogen-bond acceptors (Lipinski definition) is 2. The van der Waals surface area contributed by atoms with Crippen LogP contribution < -0.4 is 5.32 Å². The highest BCUT2D eigenvalue weighted by Gasteiger charge is 2.12. The van der Waals surface area contributed by atoms with E-state index in [-0.39, 0.29) is 5.91 Å². The fourth-order valence-electron chi connectivity index (χ4n) is 1.68. The number of nitrogens with one attached hydrogen (secondary N) is 1. The van der Waals surface area contributed by atoms with E-state index < -0.39 is 6.10 Å². The molecule has 0 aliphatic heterocycles. The van der Waals surface area contributed by atoms with Crippen molar-refractivity contribution in [2.75, 3.05) is 12.4 Å². The van der Waals surface area contributed by atoms with Gasteiger partial charge in [0.15, 0.2) is 0 Å². The number of methoxy groups -OCH3 is 1. The maximum absolute atomic E-state index is 11.8. The zero-order chi connectivity index (χ0) is 12.3. The largest absolute Gasteiger partial charge is 0.372 e. The molecule has 0 heterocycles. The maximum atomic E-state index is 11.8. The number of rotatable bonds is 3. The zero-order valence-corrected chi connectivity index (χ0v) is 9.94. The molecule has 1 atom stereocenters. The molecule has 0 spiro atoms. The van der Waals surface area contributed by atoms with Gasteiger partial charge in [-0.3, -0.25) is 4.79 Å². The van der Waals surface area contributed by atoms with E-state index in [0.29, 0.717) is 0 Å². The van der Waals surface area contributed by atoms with E-state index in [1.807, 2.05) is 42.5 Å². The number of carbonyl (C=O) groups is 1. The summed E-state index contributed by atoms with van der Waals surface area (Å²) in [5, 5.41) is 5.01. The molecule has 1 amide bonds. The summed E-state index contributed by atoms with van der Waals surface area (Å²) in [4.78, 5) is 11.8. The molecule has 0 aromatic heterocycles. The third-order valence-electron chi connectivity index (χ3n) is 2.77. The van der Waals surface area contributed by atoms with Crippen LogP contribution in [-0.4, -0.2) is 19.1 Å². The van der Waals surface area contributed by atoms with Crippen LogP contribution in [-0.2, 0) is 9.53 Å². The lowest BCUT2D eigenvalue weighted by atomic mass is 10.1. The Labute approximate surface area is 100 Å². The number of fused-ring (bicyclic) bond motifs is 1. The van der Waals surface area contributed by atoms with Gasteiger partial charge in [0.05, 0.1) is 0 Å². The monoisotopic (exact) mass is 229 g/mol. The molecule has 0 aliphatic carbocycles. The molecule has 0 radical (unpaired) electrons. The van der Waals surface area contributed by atoms with Crippen LogP contribution in [0.15, 0.2) is 42.5 Å². The van der Waals surface area contributed by atoms with Gasteiger partial charge in [-0.15, -0.1) is 0 Å². The normalized spacial score (nSPS) is 12.4. The van der Waals surface area contributed by atoms with Gasteiger partial charge in [0.25, 0.3) is 5.91 Å². The molecule has 3 heteroatoms. The van der Waals surface area contributed by atoms with Gasteiger partial charge in [-0.2, -0.15) is 0 Å². The summed E-state index contributed by atoms with van der Waals surface area (Å²) >= 11 is 0. The average molecular weight is 229 g/mol. The van der Waals surface area contributed by atoms with E-state index in [4.69, 9.17) is 4.74 Å². The Morgan fingerprint density at radius 3 is 2.65 bits per heavy atom. The molecule has 0 bridgehead atoms. The lowest BCUT2D eigenvalue weighted by Crippen LogP contribution is -2.26. The first-order chi connectivity index (χ1) is 8.22. The molecule has 2 aromatic rings. The summed E-state index contributed by atoms with van der Waals surface area (Å²) in [7, 11) is 1.52. The number of carbonyl (C=O) groups excluding carboxylic acids is 1. The van der Waals surface area contributed by atoms with Gasteiger partial charge in [0, 0.05) is 18.2 Å². The SMILES string of the molecule is COC(C)C(=O)Nc1cccc2ccccc12. The molecule has 0 saturated heterocycles. The van der Waals surface area contributed by atoms with Gasteiger partial charge in [-0.1, -0.05) is 36.4 Å². The highest BCUT2D eigenvalue weighted by Crippen LogP contribution is 2.23. The number of ether oxygens (including phenoxy) is 1. The predicted molar refractivity (Wildman–Crippen MR) is 69.0 cm³/mol. The smallest absolute Gasteiger partial charge is 0.253 e. The van der Waals surface area contributed by atoms with Crippen LogP contribution in [0.2, 0.25) is 0 Å². The molecular formula is C14H15NO2. The molecule has 3 nitrogen and oxygen atoms in total. The van der Waals surface area contributed by atoms with Crippen molar-refractivity contribution < 1.29 is 9.53 Å². The summed E-state index contributed by atoms with van der Waals surface area (Å²) in [6, 6.07) is 13.8. The molecular weight excluding hydrogens is 214 g/mol. The second-order valence-corrected chi connectivity index (χ2v) is 3.89. The van der Waals surface area contributed by atoms with E-state index in [9.17, 15) is 4.79 Å². The summed E-state index contributed by atoms with van der Waals surface area (Å²) < 4.78 is 4.98. The van der Waals surface area contributed by atoms with Crippen LogP contribution >= 0.6 is 0 Å². The molecule has 0 saturated carbocycles. The highest BCUT2D eigenvalue weighted by molar-refractivity contribution is 6.03. The summed E-state index contributed by atoms with van der Waals surface area (Å²) in [6.45, 7) is 1.72. The number of anilines is 1. The van der Waals surface area contributed by atoms with E-state index in [2.05, 4.69) is 5.32 Å². The van der Waals surface area contributed by atoms with E-state index in [1.165, 1.54) is 7.11 Å². The number of amides is 1. The first-order valence-corrected chi connectivity index (χ1v) is 5.54. The molecule has 0 fully saturated rings. The standard InChI is InChI=1S/C14H15NO2/c1-10(17-2)14(16)15-13-9-5-7-11-6-3-4-8-12(11)13/h3-10H,1-2H3,(H,15,16). The van der Waals surface area contributed by atoms with Crippen molar-refractivity contribution in [2.45, 2.75) is 13.0 Å². The first-order valence-electron chi connectivity index (χ1n) is 5.54. The van der Waals surface area contributed by atoms with Crippen LogP contribution in [0.3, 0.4) is 0 Å². The summed E-state index contributed by atoms with van der Waals surface area (Å²) in [5.41, 5.74) is 0.817. The van der Waals surface area contributed by atoms with Crippen molar-refractivity contribution in [3.8, 4) is 0 Å². The summed E-state index contributed by atoms with van der Waals surface area (Å²) in [5.74, 6) is -0.135. The third-order valence-corrected chi connectivity index (χ3v) is 2.77. The van der Waals surface area contributed by atoms with Crippen molar-refractivity contribution in [2.24, 2.45) is 0 Å². The minimum atomic E-state index is -0.450. The Hall–Kier alpha value is -1.87. The number of benzene rings is 2. The average Bonchev–Trinajstić information content (AvgIpc) is 2.38. The Kier molecular flexibility index (Phi) is 3.40. The van der Waals surface area contributed by atoms with E-state index >= 15 is 0 Å². The van der Waals surface area contributed by atoms with Gasteiger partial charge in [-0.25, -0.2) is 0 Å². The Morgan fingerprint density at radius 1 is 1.18 bits per heavy atom. The minimum Gasteiger partial charge on any atom is -0.372 e. The van der Waals surface area contributed by atoms with Crippen LogP contribution in [0.5, 0.6) is 0 Å². The quantitative estimate of drug-likeness (QED) is 0.878. The minimum absolute atomic E-state index is 0.135. The molecule has 2 rings (SSSR count). The maximum Gasteiger partial charge on any atom is 0.253 e. The van der Waals surface area contributed by atoms with E-state index in [0.717, 1.165) is 16.5 Å². The Bertz CT molecular complexity index is 531. The topological polar surface area (TPSA) is 38.3 Å². The van der Waals surface area contributed by atoms with Gasteiger partial charge in [0.2, 0.25) is 0 Å². The van der Waals surface area contributed by atoms with Crippen molar-refractivity contribution in [3.05, 3.63) is 42.5 Å². The van der Waals surface area contributed by atoms with Crippen LogP contribution in [0.25, 0.3) is 10.8 Å². The van der Waals surface area contributed by atoms with Crippen LogP contribution in [0.4, 0.5) is 5.69 Å². The fourth-order valence-corrected chi connectivity index (χ4v) is 1.68. The van der Waals surface area contributed by atoms with E-state index in [1.54, 1.807) is 6.92 Å². The summed E-state index contributed by atoms with van der Waals surface area (Å²) in [6.07, 6.45) is -0.450. The number of hydrogen-bond donors (Lipinski definition) is 1. The molecule has 88 valence electrons.